The third-order valence-corrected chi connectivity index (χ3v) is 4.39. The molecule has 0 spiro atoms. The molecule has 0 N–H and O–H groups in total. The molecule has 1 aromatic heterocycles. The maximum Gasteiger partial charge on any atom is 0.309 e. The molecule has 0 saturated carbocycles. The largest absolute Gasteiger partial charge is 0.452 e. The maximum atomic E-state index is 13.0. The van der Waals surface area contributed by atoms with Crippen LogP contribution in [0.2, 0.25) is 0 Å². The predicted octanol–water partition coefficient (Wildman–Crippen LogP) is 2.67. The minimum absolute atomic E-state index is 0.161. The van der Waals surface area contributed by atoms with Crippen LogP contribution in [0.1, 0.15) is 47.9 Å². The molecular weight excluding hydrogens is 341 g/mol. The molecule has 1 aliphatic rings. The number of halogens is 1. The third-order valence-electron chi connectivity index (χ3n) is 4.39. The molecule has 1 saturated heterocycles. The number of hydrogen-bond donors (Lipinski definition) is 0. The van der Waals surface area contributed by atoms with Gasteiger partial charge in [0.05, 0.1) is 5.92 Å². The van der Waals surface area contributed by atoms with Crippen LogP contribution in [-0.4, -0.2) is 40.0 Å². The van der Waals surface area contributed by atoms with Gasteiger partial charge in [-0.2, -0.15) is 4.98 Å². The summed E-state index contributed by atoms with van der Waals surface area (Å²) in [4.78, 5) is 30.4. The highest BCUT2D eigenvalue weighted by molar-refractivity contribution is 5.94. The van der Waals surface area contributed by atoms with Crippen LogP contribution in [0.25, 0.3) is 0 Å². The van der Waals surface area contributed by atoms with Crippen molar-refractivity contribution in [2.75, 3.05) is 13.1 Å². The number of aryl methyl sites for hydroxylation is 1. The molecule has 1 aromatic carbocycles. The summed E-state index contributed by atoms with van der Waals surface area (Å²) in [5, 5.41) is 3.68. The van der Waals surface area contributed by atoms with Gasteiger partial charge in [0.25, 0.3) is 11.8 Å². The molecule has 1 unspecified atom stereocenters. The van der Waals surface area contributed by atoms with Crippen molar-refractivity contribution < 1.29 is 23.2 Å². The Morgan fingerprint density at radius 2 is 1.92 bits per heavy atom. The molecule has 3 rings (SSSR count). The zero-order valence-corrected chi connectivity index (χ0v) is 14.6. The molecule has 2 heterocycles. The normalized spacial score (nSPS) is 16.3. The third kappa shape index (κ3) is 4.07. The zero-order chi connectivity index (χ0) is 18.7. The minimum Gasteiger partial charge on any atom is -0.452 e. The first kappa shape index (κ1) is 18.0. The Balaban J connectivity index is 1.52. The van der Waals surface area contributed by atoms with Gasteiger partial charge in [-0.3, -0.25) is 9.59 Å². The number of aromatic nitrogens is 2. The average molecular weight is 361 g/mol. The smallest absolute Gasteiger partial charge is 0.309 e. The summed E-state index contributed by atoms with van der Waals surface area (Å²) in [5.41, 5.74) is 0.438. The quantitative estimate of drug-likeness (QED) is 0.779. The number of benzene rings is 1. The van der Waals surface area contributed by atoms with Gasteiger partial charge in [0, 0.05) is 18.7 Å². The SMILES string of the molecule is Cc1noc(C(C)OC(=O)C2CCN(C(=O)c3ccc(F)cc3)CC2)n1. The Kier molecular flexibility index (Phi) is 5.29. The number of ether oxygens (including phenoxy) is 1. The van der Waals surface area contributed by atoms with Crippen molar-refractivity contribution in [3.63, 3.8) is 0 Å². The first-order valence-electron chi connectivity index (χ1n) is 8.49. The molecule has 138 valence electrons. The fourth-order valence-corrected chi connectivity index (χ4v) is 2.89. The highest BCUT2D eigenvalue weighted by atomic mass is 19.1. The van der Waals surface area contributed by atoms with Crippen molar-refractivity contribution >= 4 is 11.9 Å². The summed E-state index contributed by atoms with van der Waals surface area (Å²) in [5.74, 6) is -0.406. The number of nitrogens with zero attached hydrogens (tertiary/aromatic N) is 3. The Bertz CT molecular complexity index is 782. The van der Waals surface area contributed by atoms with E-state index in [1.165, 1.54) is 24.3 Å². The lowest BCUT2D eigenvalue weighted by atomic mass is 9.96. The molecule has 1 amide bonds. The van der Waals surface area contributed by atoms with Crippen LogP contribution < -0.4 is 0 Å². The van der Waals surface area contributed by atoms with Gasteiger partial charge in [0.2, 0.25) is 0 Å². The van der Waals surface area contributed by atoms with Crippen LogP contribution in [-0.2, 0) is 9.53 Å². The monoisotopic (exact) mass is 361 g/mol. The van der Waals surface area contributed by atoms with Gasteiger partial charge in [0.1, 0.15) is 5.82 Å². The van der Waals surface area contributed by atoms with Gasteiger partial charge in [-0.15, -0.1) is 0 Å². The van der Waals surface area contributed by atoms with Crippen LogP contribution in [0.5, 0.6) is 0 Å². The molecule has 1 atom stereocenters. The van der Waals surface area contributed by atoms with E-state index in [0.29, 0.717) is 37.3 Å². The standard InChI is InChI=1S/C18H20FN3O4/c1-11(16-20-12(2)21-26-16)25-18(24)14-7-9-22(10-8-14)17(23)13-3-5-15(19)6-4-13/h3-6,11,14H,7-10H2,1-2H3. The molecule has 26 heavy (non-hydrogen) atoms. The van der Waals surface area contributed by atoms with Crippen LogP contribution in [0.3, 0.4) is 0 Å². The van der Waals surface area contributed by atoms with Gasteiger partial charge in [0.15, 0.2) is 11.9 Å². The summed E-state index contributed by atoms with van der Waals surface area (Å²) in [6, 6.07) is 5.45. The summed E-state index contributed by atoms with van der Waals surface area (Å²) in [6.07, 6.45) is 0.422. The van der Waals surface area contributed by atoms with Crippen LogP contribution in [0.4, 0.5) is 4.39 Å². The second kappa shape index (κ2) is 7.63. The van der Waals surface area contributed by atoms with E-state index in [1.54, 1.807) is 18.7 Å². The van der Waals surface area contributed by atoms with E-state index in [0.717, 1.165) is 0 Å². The Morgan fingerprint density at radius 1 is 1.27 bits per heavy atom. The van der Waals surface area contributed by atoms with E-state index in [1.807, 2.05) is 0 Å². The van der Waals surface area contributed by atoms with Gasteiger partial charge in [-0.05, 0) is 51.0 Å². The zero-order valence-electron chi connectivity index (χ0n) is 14.6. The number of carbonyl (C=O) groups is 2. The lowest BCUT2D eigenvalue weighted by Crippen LogP contribution is -2.40. The number of esters is 1. The number of carbonyl (C=O) groups excluding carboxylic acids is 2. The van der Waals surface area contributed by atoms with E-state index in [4.69, 9.17) is 9.26 Å². The number of hydrogen-bond acceptors (Lipinski definition) is 6. The molecule has 1 aliphatic heterocycles. The van der Waals surface area contributed by atoms with Crippen LogP contribution >= 0.6 is 0 Å². The van der Waals surface area contributed by atoms with E-state index in [-0.39, 0.29) is 29.5 Å². The summed E-state index contributed by atoms with van der Waals surface area (Å²) < 4.78 is 23.4. The van der Waals surface area contributed by atoms with Crippen molar-refractivity contribution in [3.05, 3.63) is 47.4 Å². The molecule has 0 bridgehead atoms. The number of likely N-dealkylation sites (tertiary alicyclic amines) is 1. The fourth-order valence-electron chi connectivity index (χ4n) is 2.89. The molecule has 2 aromatic rings. The van der Waals surface area contributed by atoms with Crippen molar-refractivity contribution in [1.29, 1.82) is 0 Å². The fraction of sp³-hybridized carbons (Fsp3) is 0.444. The van der Waals surface area contributed by atoms with E-state index < -0.39 is 6.10 Å². The lowest BCUT2D eigenvalue weighted by Gasteiger charge is -2.31. The number of amides is 1. The lowest BCUT2D eigenvalue weighted by molar-refractivity contribution is -0.156. The van der Waals surface area contributed by atoms with Crippen molar-refractivity contribution in [3.8, 4) is 0 Å². The summed E-state index contributed by atoms with van der Waals surface area (Å²) in [6.45, 7) is 4.27. The van der Waals surface area contributed by atoms with Crippen molar-refractivity contribution in [1.82, 2.24) is 15.0 Å². The average Bonchev–Trinajstić information content (AvgIpc) is 3.08. The molecule has 0 aliphatic carbocycles. The number of rotatable bonds is 4. The maximum absolute atomic E-state index is 13.0. The Labute approximate surface area is 150 Å². The second-order valence-electron chi connectivity index (χ2n) is 6.33. The van der Waals surface area contributed by atoms with Gasteiger partial charge in [-0.1, -0.05) is 5.16 Å². The molecule has 7 nitrogen and oxygen atoms in total. The molecule has 1 fully saturated rings. The highest BCUT2D eigenvalue weighted by Crippen LogP contribution is 2.24. The second-order valence-corrected chi connectivity index (χ2v) is 6.33. The van der Waals surface area contributed by atoms with E-state index in [9.17, 15) is 14.0 Å². The number of piperidine rings is 1. The topological polar surface area (TPSA) is 85.5 Å². The van der Waals surface area contributed by atoms with Gasteiger partial charge < -0.3 is 14.2 Å². The summed E-state index contributed by atoms with van der Waals surface area (Å²) in [7, 11) is 0. The minimum atomic E-state index is -0.609. The van der Waals surface area contributed by atoms with Gasteiger partial charge in [-0.25, -0.2) is 4.39 Å². The van der Waals surface area contributed by atoms with Crippen LogP contribution in [0.15, 0.2) is 28.8 Å². The first-order chi connectivity index (χ1) is 12.4. The van der Waals surface area contributed by atoms with Crippen LogP contribution in [0, 0.1) is 18.7 Å². The van der Waals surface area contributed by atoms with Crippen molar-refractivity contribution in [2.24, 2.45) is 5.92 Å². The molecular formula is C18H20FN3O4. The van der Waals surface area contributed by atoms with E-state index in [2.05, 4.69) is 10.1 Å². The highest BCUT2D eigenvalue weighted by Gasteiger charge is 2.30. The predicted molar refractivity (Wildman–Crippen MR) is 88.6 cm³/mol. The first-order valence-corrected chi connectivity index (χ1v) is 8.49. The summed E-state index contributed by atoms with van der Waals surface area (Å²) >= 11 is 0. The van der Waals surface area contributed by atoms with E-state index >= 15 is 0 Å². The molecule has 8 heteroatoms. The Morgan fingerprint density at radius 3 is 2.50 bits per heavy atom. The molecule has 0 radical (unpaired) electrons. The van der Waals surface area contributed by atoms with Gasteiger partial charge >= 0.3 is 5.97 Å². The van der Waals surface area contributed by atoms with Crippen molar-refractivity contribution in [2.45, 2.75) is 32.8 Å². The Hall–Kier alpha value is -2.77.